The van der Waals surface area contributed by atoms with Crippen LogP contribution in [0.15, 0.2) is 18.5 Å². The summed E-state index contributed by atoms with van der Waals surface area (Å²) in [6.07, 6.45) is 3.10. The highest BCUT2D eigenvalue weighted by atomic mass is 16.5. The second-order valence-electron chi connectivity index (χ2n) is 2.21. The van der Waals surface area contributed by atoms with Crippen LogP contribution in [0.2, 0.25) is 0 Å². The van der Waals surface area contributed by atoms with Crippen LogP contribution >= 0.6 is 0 Å². The molecule has 0 aromatic carbocycles. The van der Waals surface area contributed by atoms with Gasteiger partial charge in [-0.25, -0.2) is 0 Å². The van der Waals surface area contributed by atoms with Crippen molar-refractivity contribution in [1.29, 1.82) is 0 Å². The van der Waals surface area contributed by atoms with Crippen molar-refractivity contribution in [2.24, 2.45) is 0 Å². The van der Waals surface area contributed by atoms with Gasteiger partial charge in [0.05, 0.1) is 19.4 Å². The van der Waals surface area contributed by atoms with Gasteiger partial charge in [-0.2, -0.15) is 0 Å². The maximum atomic E-state index is 8.85. The number of pyridine rings is 1. The highest BCUT2D eigenvalue weighted by Gasteiger charge is 2.00. The van der Waals surface area contributed by atoms with Crippen molar-refractivity contribution in [2.45, 2.75) is 6.61 Å². The molecule has 0 amide bonds. The molecule has 2 N–H and O–H groups in total. The average molecular weight is 169 g/mol. The van der Waals surface area contributed by atoms with E-state index in [2.05, 4.69) is 4.98 Å². The van der Waals surface area contributed by atoms with Gasteiger partial charge in [-0.15, -0.1) is 0 Å². The average Bonchev–Trinajstić information content (AvgIpc) is 2.15. The molecule has 0 radical (unpaired) electrons. The number of hydrogen-bond donors (Lipinski definition) is 2. The van der Waals surface area contributed by atoms with E-state index in [4.69, 9.17) is 14.9 Å². The Morgan fingerprint density at radius 3 is 2.92 bits per heavy atom. The van der Waals surface area contributed by atoms with Gasteiger partial charge in [0, 0.05) is 11.8 Å². The van der Waals surface area contributed by atoms with E-state index in [9.17, 15) is 0 Å². The minimum atomic E-state index is -0.0801. The third kappa shape index (κ3) is 2.18. The van der Waals surface area contributed by atoms with Crippen LogP contribution in [0.5, 0.6) is 5.75 Å². The Bertz CT molecular complexity index is 239. The van der Waals surface area contributed by atoms with Gasteiger partial charge in [-0.05, 0) is 6.07 Å². The van der Waals surface area contributed by atoms with Crippen LogP contribution in [0.3, 0.4) is 0 Å². The number of aliphatic hydroxyl groups excluding tert-OH is 2. The first kappa shape index (κ1) is 8.96. The molecule has 4 nitrogen and oxygen atoms in total. The maximum Gasteiger partial charge on any atom is 0.143 e. The lowest BCUT2D eigenvalue weighted by Gasteiger charge is -2.06. The fraction of sp³-hybridized carbons (Fsp3) is 0.375. The Balaban J connectivity index is 2.68. The quantitative estimate of drug-likeness (QED) is 0.663. The fourth-order valence-corrected chi connectivity index (χ4v) is 0.825. The molecule has 0 unspecified atom stereocenters. The fourth-order valence-electron chi connectivity index (χ4n) is 0.825. The van der Waals surface area contributed by atoms with Crippen molar-refractivity contribution in [3.05, 3.63) is 24.0 Å². The first-order valence-corrected chi connectivity index (χ1v) is 3.66. The summed E-state index contributed by atoms with van der Waals surface area (Å²) in [7, 11) is 0. The Kier molecular flexibility index (Phi) is 3.50. The van der Waals surface area contributed by atoms with E-state index >= 15 is 0 Å². The number of aromatic nitrogens is 1. The third-order valence-corrected chi connectivity index (χ3v) is 1.39. The molecule has 4 heteroatoms. The second kappa shape index (κ2) is 4.69. The van der Waals surface area contributed by atoms with Crippen LogP contribution in [-0.4, -0.2) is 28.4 Å². The number of rotatable bonds is 4. The van der Waals surface area contributed by atoms with E-state index in [1.165, 1.54) is 6.20 Å². The van der Waals surface area contributed by atoms with Crippen molar-refractivity contribution in [2.75, 3.05) is 13.2 Å². The Labute approximate surface area is 70.4 Å². The molecule has 1 rings (SSSR count). The molecule has 66 valence electrons. The summed E-state index contributed by atoms with van der Waals surface area (Å²) in [5.74, 6) is 0.522. The van der Waals surface area contributed by atoms with E-state index in [1.54, 1.807) is 12.3 Å². The molecule has 0 spiro atoms. The molecule has 0 saturated heterocycles. The molecule has 0 fully saturated rings. The molecule has 1 aromatic rings. The molecule has 0 aliphatic rings. The molecule has 0 saturated carbocycles. The summed E-state index contributed by atoms with van der Waals surface area (Å²) in [5, 5.41) is 17.3. The van der Waals surface area contributed by atoms with Gasteiger partial charge < -0.3 is 14.9 Å². The van der Waals surface area contributed by atoms with Crippen molar-refractivity contribution in [1.82, 2.24) is 4.98 Å². The van der Waals surface area contributed by atoms with Gasteiger partial charge in [-0.1, -0.05) is 0 Å². The van der Waals surface area contributed by atoms with Crippen LogP contribution in [-0.2, 0) is 6.61 Å². The SMILES string of the molecule is OCCOc1cnccc1CO. The lowest BCUT2D eigenvalue weighted by molar-refractivity contribution is 0.195. The second-order valence-corrected chi connectivity index (χ2v) is 2.21. The summed E-state index contributed by atoms with van der Waals surface area (Å²) in [6, 6.07) is 1.67. The lowest BCUT2D eigenvalue weighted by atomic mass is 10.3. The smallest absolute Gasteiger partial charge is 0.143 e. The Morgan fingerprint density at radius 1 is 1.42 bits per heavy atom. The molecule has 0 atom stereocenters. The highest BCUT2D eigenvalue weighted by molar-refractivity contribution is 5.28. The maximum absolute atomic E-state index is 8.85. The minimum Gasteiger partial charge on any atom is -0.489 e. The molecule has 0 aliphatic carbocycles. The van der Waals surface area contributed by atoms with Gasteiger partial charge in [0.2, 0.25) is 0 Å². The van der Waals surface area contributed by atoms with Crippen molar-refractivity contribution in [3.63, 3.8) is 0 Å². The van der Waals surface area contributed by atoms with Crippen molar-refractivity contribution in [3.8, 4) is 5.75 Å². The molecule has 0 bridgehead atoms. The normalized spacial score (nSPS) is 9.83. The van der Waals surface area contributed by atoms with Gasteiger partial charge in [0.25, 0.3) is 0 Å². The first-order valence-electron chi connectivity index (χ1n) is 3.66. The first-order chi connectivity index (χ1) is 5.88. The summed E-state index contributed by atoms with van der Waals surface area (Å²) in [5.41, 5.74) is 0.679. The number of ether oxygens (including phenoxy) is 1. The summed E-state index contributed by atoms with van der Waals surface area (Å²) in [6.45, 7) is 0.0989. The van der Waals surface area contributed by atoms with Gasteiger partial charge in [0.1, 0.15) is 12.4 Å². The van der Waals surface area contributed by atoms with Gasteiger partial charge in [-0.3, -0.25) is 4.98 Å². The summed E-state index contributed by atoms with van der Waals surface area (Å²) < 4.78 is 5.10. The zero-order valence-corrected chi connectivity index (χ0v) is 6.60. The van der Waals surface area contributed by atoms with Crippen LogP contribution < -0.4 is 4.74 Å². The molecule has 1 aromatic heterocycles. The lowest BCUT2D eigenvalue weighted by Crippen LogP contribution is -2.04. The molecule has 12 heavy (non-hydrogen) atoms. The third-order valence-electron chi connectivity index (χ3n) is 1.39. The number of aliphatic hydroxyl groups is 2. The van der Waals surface area contributed by atoms with Crippen LogP contribution in [0.25, 0.3) is 0 Å². The highest BCUT2D eigenvalue weighted by Crippen LogP contribution is 2.15. The van der Waals surface area contributed by atoms with Crippen molar-refractivity contribution >= 4 is 0 Å². The standard InChI is InChI=1S/C8H11NO3/c10-3-4-12-8-5-9-2-1-7(8)6-11/h1-2,5,10-11H,3-4,6H2. The van der Waals surface area contributed by atoms with Crippen molar-refractivity contribution < 1.29 is 14.9 Å². The van der Waals surface area contributed by atoms with Crippen LogP contribution in [0, 0.1) is 0 Å². The van der Waals surface area contributed by atoms with E-state index in [0.29, 0.717) is 11.3 Å². The molecular formula is C8H11NO3. The molecule has 0 aliphatic heterocycles. The Morgan fingerprint density at radius 2 is 2.25 bits per heavy atom. The van der Waals surface area contributed by atoms with E-state index in [-0.39, 0.29) is 19.8 Å². The summed E-state index contributed by atoms with van der Waals surface area (Å²) >= 11 is 0. The number of hydrogen-bond acceptors (Lipinski definition) is 4. The minimum absolute atomic E-state index is 0.0419. The molecular weight excluding hydrogens is 158 g/mol. The van der Waals surface area contributed by atoms with E-state index < -0.39 is 0 Å². The number of nitrogens with zero attached hydrogens (tertiary/aromatic N) is 1. The summed E-state index contributed by atoms with van der Waals surface area (Å²) in [4.78, 5) is 3.83. The predicted octanol–water partition coefficient (Wildman–Crippen LogP) is -0.0550. The van der Waals surface area contributed by atoms with Gasteiger partial charge in [0.15, 0.2) is 0 Å². The van der Waals surface area contributed by atoms with Gasteiger partial charge >= 0.3 is 0 Å². The largest absolute Gasteiger partial charge is 0.489 e. The Hall–Kier alpha value is -1.13. The van der Waals surface area contributed by atoms with E-state index in [0.717, 1.165) is 0 Å². The predicted molar refractivity (Wildman–Crippen MR) is 42.7 cm³/mol. The van der Waals surface area contributed by atoms with Crippen LogP contribution in [0.1, 0.15) is 5.56 Å². The monoisotopic (exact) mass is 169 g/mol. The van der Waals surface area contributed by atoms with E-state index in [1.807, 2.05) is 0 Å². The topological polar surface area (TPSA) is 62.6 Å². The zero-order chi connectivity index (χ0) is 8.81. The zero-order valence-electron chi connectivity index (χ0n) is 6.60. The molecule has 1 heterocycles. The van der Waals surface area contributed by atoms with Crippen LogP contribution in [0.4, 0.5) is 0 Å².